The Morgan fingerprint density at radius 3 is 1.43 bits per heavy atom. The Kier molecular flexibility index (Phi) is 5.49. The molecule has 8 aromatic rings. The van der Waals surface area contributed by atoms with Crippen LogP contribution in [-0.4, -0.2) is 15.0 Å². The van der Waals surface area contributed by atoms with E-state index in [0.29, 0.717) is 17.5 Å². The van der Waals surface area contributed by atoms with Gasteiger partial charge in [0.25, 0.3) is 0 Å². The van der Waals surface area contributed by atoms with Crippen molar-refractivity contribution in [2.75, 3.05) is 0 Å². The van der Waals surface area contributed by atoms with Crippen LogP contribution in [0.5, 0.6) is 0 Å². The fourth-order valence-corrected chi connectivity index (χ4v) is 8.00. The van der Waals surface area contributed by atoms with E-state index in [9.17, 15) is 0 Å². The second-order valence-corrected chi connectivity index (χ2v) is 12.3. The largest absolute Gasteiger partial charge is 0.208 e. The van der Waals surface area contributed by atoms with Crippen molar-refractivity contribution in [2.45, 2.75) is 5.41 Å². The molecule has 218 valence electrons. The molecule has 1 heterocycles. The van der Waals surface area contributed by atoms with Crippen LogP contribution in [0.1, 0.15) is 22.3 Å². The molecule has 0 N–H and O–H groups in total. The molecule has 0 aliphatic heterocycles. The van der Waals surface area contributed by atoms with Crippen molar-refractivity contribution in [1.29, 1.82) is 0 Å². The van der Waals surface area contributed by atoms with Crippen LogP contribution >= 0.6 is 0 Å². The highest BCUT2D eigenvalue weighted by molar-refractivity contribution is 6.07. The van der Waals surface area contributed by atoms with Gasteiger partial charge in [-0.15, -0.1) is 0 Å². The van der Waals surface area contributed by atoms with E-state index in [-0.39, 0.29) is 0 Å². The topological polar surface area (TPSA) is 38.7 Å². The van der Waals surface area contributed by atoms with Crippen LogP contribution < -0.4 is 0 Å². The first-order valence-electron chi connectivity index (χ1n) is 16.0. The predicted molar refractivity (Wildman–Crippen MR) is 190 cm³/mol. The summed E-state index contributed by atoms with van der Waals surface area (Å²) in [4.78, 5) is 15.2. The smallest absolute Gasteiger partial charge is 0.164 e. The normalized spacial score (nSPS) is 15.3. The molecule has 1 unspecified atom stereocenters. The zero-order chi connectivity index (χ0) is 31.0. The van der Waals surface area contributed by atoms with E-state index < -0.39 is 5.41 Å². The van der Waals surface area contributed by atoms with Crippen LogP contribution in [-0.2, 0) is 5.41 Å². The summed E-state index contributed by atoms with van der Waals surface area (Å²) in [7, 11) is 0. The van der Waals surface area contributed by atoms with Gasteiger partial charge in [-0.2, -0.15) is 0 Å². The predicted octanol–water partition coefficient (Wildman–Crippen LogP) is 10.4. The maximum absolute atomic E-state index is 5.10. The molecule has 2 aliphatic rings. The Hall–Kier alpha value is -6.19. The summed E-state index contributed by atoms with van der Waals surface area (Å²) in [5.74, 6) is 1.98. The third kappa shape index (κ3) is 3.65. The standard InChI is InChI=1S/C44H27N3/c1-3-13-29(14-4-1)41-45-42(30-15-5-2-6-16-30)47-43(46-41)31-25-26-34-32-19-7-9-22-36(32)44(39(34)27-31)37-23-10-8-20-33(37)35-21-11-17-28-18-12-24-38(44)40(28)35/h1-27H. The zero-order valence-corrected chi connectivity index (χ0v) is 25.4. The van der Waals surface area contributed by atoms with Gasteiger partial charge in [0.15, 0.2) is 17.5 Å². The van der Waals surface area contributed by atoms with Gasteiger partial charge in [0.1, 0.15) is 0 Å². The van der Waals surface area contributed by atoms with Crippen LogP contribution in [0, 0.1) is 0 Å². The average Bonchev–Trinajstić information content (AvgIpc) is 3.44. The Labute approximate surface area is 272 Å². The Morgan fingerprint density at radius 2 is 0.787 bits per heavy atom. The van der Waals surface area contributed by atoms with E-state index in [2.05, 4.69) is 127 Å². The first kappa shape index (κ1) is 26.1. The minimum absolute atomic E-state index is 0.496. The van der Waals surface area contributed by atoms with Gasteiger partial charge in [-0.25, -0.2) is 15.0 Å². The first-order valence-corrected chi connectivity index (χ1v) is 16.0. The lowest BCUT2D eigenvalue weighted by Gasteiger charge is -2.40. The maximum Gasteiger partial charge on any atom is 0.164 e. The summed E-state index contributed by atoms with van der Waals surface area (Å²) in [6.45, 7) is 0. The van der Waals surface area contributed by atoms with Gasteiger partial charge in [-0.05, 0) is 61.3 Å². The van der Waals surface area contributed by atoms with Crippen molar-refractivity contribution in [2.24, 2.45) is 0 Å². The molecule has 0 bridgehead atoms. The number of hydrogen-bond acceptors (Lipinski definition) is 3. The van der Waals surface area contributed by atoms with E-state index in [0.717, 1.165) is 16.7 Å². The molecule has 0 saturated carbocycles. The molecule has 1 atom stereocenters. The summed E-state index contributed by atoms with van der Waals surface area (Å²) in [5.41, 5.74) is 12.7. The molecule has 2 aliphatic carbocycles. The molecule has 0 saturated heterocycles. The van der Waals surface area contributed by atoms with Crippen LogP contribution in [0.25, 0.3) is 67.2 Å². The summed E-state index contributed by atoms with van der Waals surface area (Å²) >= 11 is 0. The molecule has 47 heavy (non-hydrogen) atoms. The zero-order valence-electron chi connectivity index (χ0n) is 25.4. The van der Waals surface area contributed by atoms with E-state index in [4.69, 9.17) is 15.0 Å². The summed E-state index contributed by atoms with van der Waals surface area (Å²) in [6, 6.07) is 58.5. The number of hydrogen-bond donors (Lipinski definition) is 0. The lowest BCUT2D eigenvalue weighted by atomic mass is 9.61. The van der Waals surface area contributed by atoms with Gasteiger partial charge in [0.05, 0.1) is 5.41 Å². The van der Waals surface area contributed by atoms with Crippen molar-refractivity contribution < 1.29 is 0 Å². The summed E-state index contributed by atoms with van der Waals surface area (Å²) < 4.78 is 0. The van der Waals surface area contributed by atoms with Gasteiger partial charge in [-0.3, -0.25) is 0 Å². The molecule has 3 heteroatoms. The Balaban J connectivity index is 1.29. The number of rotatable bonds is 3. The van der Waals surface area contributed by atoms with Crippen LogP contribution in [0.4, 0.5) is 0 Å². The molecule has 3 nitrogen and oxygen atoms in total. The van der Waals surface area contributed by atoms with Crippen molar-refractivity contribution in [3.8, 4) is 56.4 Å². The average molecular weight is 598 g/mol. The molecule has 10 rings (SSSR count). The molecule has 0 amide bonds. The van der Waals surface area contributed by atoms with Crippen molar-refractivity contribution >= 4 is 10.8 Å². The molecular weight excluding hydrogens is 571 g/mol. The van der Waals surface area contributed by atoms with E-state index in [1.807, 2.05) is 36.4 Å². The third-order valence-corrected chi connectivity index (χ3v) is 9.93. The SMILES string of the molecule is c1ccc(-c2nc(-c3ccccc3)nc(-c3ccc4c(c3)C3(c5ccccc5-4)c4ccccc4-c4cccc5cccc3c45)n2)cc1. The van der Waals surface area contributed by atoms with E-state index in [1.54, 1.807) is 0 Å². The van der Waals surface area contributed by atoms with E-state index >= 15 is 0 Å². The second-order valence-electron chi connectivity index (χ2n) is 12.3. The monoisotopic (exact) mass is 597 g/mol. The van der Waals surface area contributed by atoms with Crippen molar-refractivity contribution in [1.82, 2.24) is 15.0 Å². The minimum Gasteiger partial charge on any atom is -0.208 e. The second kappa shape index (κ2) is 9.90. The van der Waals surface area contributed by atoms with Gasteiger partial charge in [-0.1, -0.05) is 158 Å². The number of fused-ring (bicyclic) bond motifs is 9. The van der Waals surface area contributed by atoms with Gasteiger partial charge in [0.2, 0.25) is 0 Å². The number of benzene rings is 7. The minimum atomic E-state index is -0.496. The molecule has 0 fully saturated rings. The van der Waals surface area contributed by atoms with Crippen molar-refractivity contribution in [3.05, 3.63) is 186 Å². The molecular formula is C44H27N3. The maximum atomic E-state index is 5.10. The quantitative estimate of drug-likeness (QED) is 0.203. The van der Waals surface area contributed by atoms with Crippen LogP contribution in [0.2, 0.25) is 0 Å². The van der Waals surface area contributed by atoms with Crippen molar-refractivity contribution in [3.63, 3.8) is 0 Å². The summed E-state index contributed by atoms with van der Waals surface area (Å²) in [5, 5.41) is 2.58. The van der Waals surface area contributed by atoms with E-state index in [1.165, 1.54) is 55.3 Å². The van der Waals surface area contributed by atoms with Crippen LogP contribution in [0.3, 0.4) is 0 Å². The number of aromatic nitrogens is 3. The van der Waals surface area contributed by atoms with Gasteiger partial charge >= 0.3 is 0 Å². The lowest BCUT2D eigenvalue weighted by Crippen LogP contribution is -2.31. The fourth-order valence-electron chi connectivity index (χ4n) is 8.00. The highest BCUT2D eigenvalue weighted by Crippen LogP contribution is 2.62. The Morgan fingerprint density at radius 1 is 0.319 bits per heavy atom. The molecule has 1 aromatic heterocycles. The number of nitrogens with zero attached hydrogens (tertiary/aromatic N) is 3. The fraction of sp³-hybridized carbons (Fsp3) is 0.0227. The molecule has 1 spiro atoms. The third-order valence-electron chi connectivity index (χ3n) is 9.93. The van der Waals surface area contributed by atoms with Gasteiger partial charge < -0.3 is 0 Å². The summed E-state index contributed by atoms with van der Waals surface area (Å²) in [6.07, 6.45) is 0. The highest BCUT2D eigenvalue weighted by Gasteiger charge is 2.50. The molecule has 0 radical (unpaired) electrons. The molecule has 7 aromatic carbocycles. The lowest BCUT2D eigenvalue weighted by molar-refractivity contribution is 0.773. The van der Waals surface area contributed by atoms with Crippen LogP contribution in [0.15, 0.2) is 164 Å². The first-order chi connectivity index (χ1) is 23.3. The van der Waals surface area contributed by atoms with Gasteiger partial charge in [0, 0.05) is 16.7 Å². The highest BCUT2D eigenvalue weighted by atomic mass is 15.0. The Bertz CT molecular complexity index is 2460.